The SMILES string of the molecule is CC1(F)C(n2ccc(NC(=O)c3ccccc3)nc2=O)OC(COC(=O)c2ccccc2)[C@H]1OC(=O)c1ccccc1. The van der Waals surface area contributed by atoms with E-state index in [0.717, 1.165) is 11.5 Å². The number of esters is 2. The van der Waals surface area contributed by atoms with E-state index in [1.165, 1.54) is 24.4 Å². The summed E-state index contributed by atoms with van der Waals surface area (Å²) in [6, 6.07) is 25.8. The highest BCUT2D eigenvalue weighted by Crippen LogP contribution is 2.43. The van der Waals surface area contributed by atoms with Crippen LogP contribution in [0, 0.1) is 0 Å². The Labute approximate surface area is 239 Å². The molecule has 0 aliphatic carbocycles. The number of rotatable bonds is 8. The molecule has 1 aliphatic heterocycles. The van der Waals surface area contributed by atoms with Crippen molar-refractivity contribution in [2.45, 2.75) is 31.0 Å². The molecule has 0 saturated carbocycles. The summed E-state index contributed by atoms with van der Waals surface area (Å²) >= 11 is 0. The Hall–Kier alpha value is -5.16. The monoisotopic (exact) mass is 571 g/mol. The van der Waals surface area contributed by atoms with Crippen molar-refractivity contribution in [3.05, 3.63) is 130 Å². The van der Waals surface area contributed by atoms with E-state index in [2.05, 4.69) is 10.3 Å². The fourth-order valence-corrected chi connectivity index (χ4v) is 4.54. The van der Waals surface area contributed by atoms with Crippen molar-refractivity contribution in [1.29, 1.82) is 0 Å². The van der Waals surface area contributed by atoms with E-state index in [-0.39, 0.29) is 16.9 Å². The molecule has 42 heavy (non-hydrogen) atoms. The number of amides is 1. The van der Waals surface area contributed by atoms with Crippen LogP contribution in [-0.2, 0) is 14.2 Å². The number of nitrogens with one attached hydrogen (secondary N) is 1. The molecule has 1 saturated heterocycles. The van der Waals surface area contributed by atoms with E-state index in [4.69, 9.17) is 14.2 Å². The molecule has 1 N–H and O–H groups in total. The maximum absolute atomic E-state index is 16.5. The molecule has 1 aromatic heterocycles. The predicted octanol–water partition coefficient (Wildman–Crippen LogP) is 4.20. The minimum Gasteiger partial charge on any atom is -0.459 e. The summed E-state index contributed by atoms with van der Waals surface area (Å²) in [5.41, 5.74) is -2.59. The van der Waals surface area contributed by atoms with Gasteiger partial charge < -0.3 is 19.5 Å². The van der Waals surface area contributed by atoms with Crippen LogP contribution >= 0.6 is 0 Å². The fraction of sp³-hybridized carbons (Fsp3) is 0.194. The number of carbonyl (C=O) groups excluding carboxylic acids is 3. The number of carbonyl (C=O) groups is 3. The molecule has 1 amide bonds. The zero-order chi connectivity index (χ0) is 29.7. The summed E-state index contributed by atoms with van der Waals surface area (Å²) < 4.78 is 34.2. The third-order valence-corrected chi connectivity index (χ3v) is 6.67. The van der Waals surface area contributed by atoms with Crippen LogP contribution in [0.15, 0.2) is 108 Å². The van der Waals surface area contributed by atoms with Crippen molar-refractivity contribution < 1.29 is 33.0 Å². The molecule has 3 unspecified atom stereocenters. The van der Waals surface area contributed by atoms with Crippen molar-refractivity contribution in [2.75, 3.05) is 11.9 Å². The Morgan fingerprint density at radius 3 is 2.00 bits per heavy atom. The van der Waals surface area contributed by atoms with Gasteiger partial charge in [0.05, 0.1) is 11.1 Å². The molecule has 4 atom stereocenters. The zero-order valence-corrected chi connectivity index (χ0v) is 22.4. The van der Waals surface area contributed by atoms with Crippen LogP contribution in [0.3, 0.4) is 0 Å². The molecule has 1 aliphatic rings. The third-order valence-electron chi connectivity index (χ3n) is 6.67. The molecule has 214 valence electrons. The van der Waals surface area contributed by atoms with E-state index in [9.17, 15) is 19.2 Å². The van der Waals surface area contributed by atoms with E-state index in [1.807, 2.05) is 0 Å². The summed E-state index contributed by atoms with van der Waals surface area (Å²) in [6.45, 7) is 0.654. The van der Waals surface area contributed by atoms with Crippen molar-refractivity contribution >= 4 is 23.7 Å². The van der Waals surface area contributed by atoms with Gasteiger partial charge in [-0.2, -0.15) is 4.98 Å². The van der Waals surface area contributed by atoms with E-state index < -0.39 is 54.2 Å². The van der Waals surface area contributed by atoms with E-state index >= 15 is 4.39 Å². The maximum atomic E-state index is 16.5. The highest BCUT2D eigenvalue weighted by atomic mass is 19.1. The number of benzene rings is 3. The third kappa shape index (κ3) is 6.11. The first kappa shape index (κ1) is 28.4. The van der Waals surface area contributed by atoms with Crippen LogP contribution in [0.25, 0.3) is 0 Å². The topological polar surface area (TPSA) is 126 Å². The number of hydrogen-bond acceptors (Lipinski definition) is 8. The van der Waals surface area contributed by atoms with Gasteiger partial charge >= 0.3 is 17.6 Å². The lowest BCUT2D eigenvalue weighted by molar-refractivity contribution is -0.0648. The van der Waals surface area contributed by atoms with E-state index in [0.29, 0.717) is 5.56 Å². The second-order valence-corrected chi connectivity index (χ2v) is 9.66. The number of halogens is 1. The quantitative estimate of drug-likeness (QED) is 0.312. The molecular formula is C31H26FN3O7. The van der Waals surface area contributed by atoms with Crippen LogP contribution in [0.5, 0.6) is 0 Å². The Bertz CT molecular complexity index is 1630. The number of aromatic nitrogens is 2. The lowest BCUT2D eigenvalue weighted by Crippen LogP contribution is -2.45. The van der Waals surface area contributed by atoms with E-state index in [1.54, 1.807) is 78.9 Å². The first-order valence-electron chi connectivity index (χ1n) is 13.0. The predicted molar refractivity (Wildman–Crippen MR) is 149 cm³/mol. The lowest BCUT2D eigenvalue weighted by Gasteiger charge is -2.27. The van der Waals surface area contributed by atoms with Gasteiger partial charge in [-0.25, -0.2) is 18.8 Å². The maximum Gasteiger partial charge on any atom is 0.351 e. The molecular weight excluding hydrogens is 545 g/mol. The number of ether oxygens (including phenoxy) is 3. The Balaban J connectivity index is 1.39. The Morgan fingerprint density at radius 1 is 0.881 bits per heavy atom. The molecule has 4 aromatic rings. The van der Waals surface area contributed by atoms with Gasteiger partial charge in [-0.05, 0) is 49.4 Å². The second kappa shape index (κ2) is 12.1. The smallest absolute Gasteiger partial charge is 0.351 e. The number of anilines is 1. The Morgan fingerprint density at radius 2 is 1.43 bits per heavy atom. The average molecular weight is 572 g/mol. The number of alkyl halides is 1. The highest BCUT2D eigenvalue weighted by Gasteiger charge is 2.58. The van der Waals surface area contributed by atoms with Gasteiger partial charge in [0, 0.05) is 11.8 Å². The minimum atomic E-state index is -2.46. The molecule has 0 spiro atoms. The van der Waals surface area contributed by atoms with Gasteiger partial charge in [-0.15, -0.1) is 0 Å². The minimum absolute atomic E-state index is 0.0518. The molecule has 5 rings (SSSR count). The fourth-order valence-electron chi connectivity index (χ4n) is 4.54. The summed E-state index contributed by atoms with van der Waals surface area (Å²) in [4.78, 5) is 54.8. The standard InChI is InChI=1S/C31H26FN3O7/c1-31(32)25(42-28(38)22-15-9-4-10-16-22)23(19-40-27(37)21-13-7-3-8-14-21)41-29(31)35-18-17-24(34-30(35)39)33-26(36)20-11-5-2-6-12-20/h2-18,23,25,29H,19H2,1H3,(H,33,34,36,39)/t23?,25-,29?,31?/m1/s1. The van der Waals surface area contributed by atoms with Gasteiger partial charge in [0.15, 0.2) is 18.0 Å². The molecule has 0 radical (unpaired) electrons. The van der Waals surface area contributed by atoms with Crippen molar-refractivity contribution in [2.24, 2.45) is 0 Å². The van der Waals surface area contributed by atoms with Crippen molar-refractivity contribution in [3.63, 3.8) is 0 Å². The zero-order valence-electron chi connectivity index (χ0n) is 22.4. The van der Waals surface area contributed by atoms with Crippen LogP contribution in [0.1, 0.15) is 44.2 Å². The van der Waals surface area contributed by atoms with Crippen LogP contribution in [-0.4, -0.2) is 51.9 Å². The molecule has 1 fully saturated rings. The van der Waals surface area contributed by atoms with Crippen LogP contribution in [0.2, 0.25) is 0 Å². The van der Waals surface area contributed by atoms with Crippen molar-refractivity contribution in [1.82, 2.24) is 9.55 Å². The van der Waals surface area contributed by atoms with Gasteiger partial charge in [-0.1, -0.05) is 54.6 Å². The molecule has 10 nitrogen and oxygen atoms in total. The van der Waals surface area contributed by atoms with Crippen LogP contribution < -0.4 is 11.0 Å². The molecule has 3 aromatic carbocycles. The largest absolute Gasteiger partial charge is 0.459 e. The number of nitrogens with zero attached hydrogens (tertiary/aromatic N) is 2. The normalized spacial score (nSPS) is 21.3. The first-order chi connectivity index (χ1) is 20.2. The summed E-state index contributed by atoms with van der Waals surface area (Å²) in [7, 11) is 0. The average Bonchev–Trinajstić information content (AvgIpc) is 3.25. The highest BCUT2D eigenvalue weighted by molar-refractivity contribution is 6.03. The molecule has 2 heterocycles. The molecule has 0 bridgehead atoms. The lowest BCUT2D eigenvalue weighted by atomic mass is 9.98. The second-order valence-electron chi connectivity index (χ2n) is 9.66. The first-order valence-corrected chi connectivity index (χ1v) is 13.0. The summed E-state index contributed by atoms with van der Waals surface area (Å²) in [5.74, 6) is -2.05. The number of hydrogen-bond donors (Lipinski definition) is 1. The van der Waals surface area contributed by atoms with Crippen molar-refractivity contribution in [3.8, 4) is 0 Å². The van der Waals surface area contributed by atoms with Crippen LogP contribution in [0.4, 0.5) is 10.2 Å². The molecule has 11 heteroatoms. The van der Waals surface area contributed by atoms with Gasteiger partial charge in [0.1, 0.15) is 18.5 Å². The van der Waals surface area contributed by atoms with Gasteiger partial charge in [-0.3, -0.25) is 9.36 Å². The van der Waals surface area contributed by atoms with Gasteiger partial charge in [0.25, 0.3) is 5.91 Å². The summed E-state index contributed by atoms with van der Waals surface area (Å²) in [6.07, 6.45) is -3.23. The Kier molecular flexibility index (Phi) is 8.21. The summed E-state index contributed by atoms with van der Waals surface area (Å²) in [5, 5.41) is 2.52. The van der Waals surface area contributed by atoms with Gasteiger partial charge in [0.2, 0.25) is 0 Å².